The maximum atomic E-state index is 5.29. The van der Waals surface area contributed by atoms with Crippen molar-refractivity contribution in [3.8, 4) is 11.3 Å². The molecule has 0 spiro atoms. The van der Waals surface area contributed by atoms with Gasteiger partial charge in [-0.05, 0) is 19.1 Å². The molecule has 0 saturated heterocycles. The van der Waals surface area contributed by atoms with Crippen LogP contribution in [0.5, 0.6) is 0 Å². The number of thiazole rings is 1. The van der Waals surface area contributed by atoms with Gasteiger partial charge in [-0.25, -0.2) is 4.98 Å². The van der Waals surface area contributed by atoms with Gasteiger partial charge < -0.3 is 9.73 Å². The Morgan fingerprint density at radius 2 is 2.00 bits per heavy atom. The molecule has 3 rings (SSSR count). The molecule has 4 heteroatoms. The second-order valence-electron chi connectivity index (χ2n) is 4.22. The Hall–Kier alpha value is -2.07. The minimum absolute atomic E-state index is 0.661. The van der Waals surface area contributed by atoms with Gasteiger partial charge in [-0.2, -0.15) is 0 Å². The molecule has 0 aliphatic heterocycles. The van der Waals surface area contributed by atoms with Crippen LogP contribution in [0, 0.1) is 6.92 Å². The van der Waals surface area contributed by atoms with Crippen molar-refractivity contribution in [2.24, 2.45) is 0 Å². The lowest BCUT2D eigenvalue weighted by Gasteiger charge is -1.99. The van der Waals surface area contributed by atoms with Crippen LogP contribution >= 0.6 is 11.3 Å². The molecular weight excluding hydrogens is 256 g/mol. The molecule has 0 bridgehead atoms. The fourth-order valence-electron chi connectivity index (χ4n) is 1.91. The van der Waals surface area contributed by atoms with Crippen LogP contribution in [0.4, 0.5) is 5.13 Å². The lowest BCUT2D eigenvalue weighted by Crippen LogP contribution is -1.97. The van der Waals surface area contributed by atoms with Crippen molar-refractivity contribution in [1.82, 2.24) is 4.98 Å². The molecule has 3 aromatic rings. The quantitative estimate of drug-likeness (QED) is 0.767. The molecule has 0 aliphatic carbocycles. The Balaban J connectivity index is 1.78. The van der Waals surface area contributed by atoms with Gasteiger partial charge in [0.15, 0.2) is 5.13 Å². The highest BCUT2D eigenvalue weighted by atomic mass is 32.1. The zero-order valence-corrected chi connectivity index (χ0v) is 11.4. The third kappa shape index (κ3) is 2.69. The number of nitrogens with one attached hydrogen (secondary N) is 1. The average molecular weight is 270 g/mol. The van der Waals surface area contributed by atoms with E-state index >= 15 is 0 Å². The molecule has 0 radical (unpaired) electrons. The predicted octanol–water partition coefficient (Wildman–Crippen LogP) is 4.32. The predicted molar refractivity (Wildman–Crippen MR) is 78.3 cm³/mol. The minimum Gasteiger partial charge on any atom is -0.467 e. The molecule has 0 fully saturated rings. The number of furan rings is 1. The van der Waals surface area contributed by atoms with E-state index in [-0.39, 0.29) is 0 Å². The van der Waals surface area contributed by atoms with E-state index in [2.05, 4.69) is 29.4 Å². The monoisotopic (exact) mass is 270 g/mol. The van der Waals surface area contributed by atoms with Crippen molar-refractivity contribution in [2.45, 2.75) is 13.5 Å². The fraction of sp³-hybridized carbons (Fsp3) is 0.133. The Morgan fingerprint density at radius 3 is 2.74 bits per heavy atom. The maximum Gasteiger partial charge on any atom is 0.183 e. The first-order valence-electron chi connectivity index (χ1n) is 6.12. The van der Waals surface area contributed by atoms with Crippen molar-refractivity contribution in [2.75, 3.05) is 5.32 Å². The van der Waals surface area contributed by atoms with Gasteiger partial charge in [-0.3, -0.25) is 0 Å². The second kappa shape index (κ2) is 5.28. The van der Waals surface area contributed by atoms with E-state index in [0.717, 1.165) is 22.1 Å². The summed E-state index contributed by atoms with van der Waals surface area (Å²) in [6.45, 7) is 2.76. The van der Waals surface area contributed by atoms with Crippen LogP contribution in [0.1, 0.15) is 10.6 Å². The van der Waals surface area contributed by atoms with E-state index in [4.69, 9.17) is 4.42 Å². The molecule has 0 aliphatic rings. The van der Waals surface area contributed by atoms with Crippen molar-refractivity contribution >= 4 is 16.5 Å². The number of aryl methyl sites for hydroxylation is 1. The minimum atomic E-state index is 0.661. The van der Waals surface area contributed by atoms with E-state index in [1.54, 1.807) is 17.6 Å². The largest absolute Gasteiger partial charge is 0.467 e. The van der Waals surface area contributed by atoms with Crippen LogP contribution in [-0.4, -0.2) is 4.98 Å². The SMILES string of the molecule is Cc1sc(NCc2ccco2)nc1-c1ccccc1. The van der Waals surface area contributed by atoms with Gasteiger partial charge in [0.25, 0.3) is 0 Å². The Kier molecular flexibility index (Phi) is 3.33. The zero-order valence-electron chi connectivity index (χ0n) is 10.6. The summed E-state index contributed by atoms with van der Waals surface area (Å²) in [4.78, 5) is 5.86. The second-order valence-corrected chi connectivity index (χ2v) is 5.43. The van der Waals surface area contributed by atoms with Gasteiger partial charge >= 0.3 is 0 Å². The maximum absolute atomic E-state index is 5.29. The van der Waals surface area contributed by atoms with Gasteiger partial charge in [0.2, 0.25) is 0 Å². The highest BCUT2D eigenvalue weighted by molar-refractivity contribution is 7.15. The van der Waals surface area contributed by atoms with Crippen molar-refractivity contribution < 1.29 is 4.42 Å². The van der Waals surface area contributed by atoms with E-state index in [1.807, 2.05) is 30.3 Å². The van der Waals surface area contributed by atoms with Crippen LogP contribution in [0.15, 0.2) is 53.1 Å². The summed E-state index contributed by atoms with van der Waals surface area (Å²) in [5, 5.41) is 4.22. The lowest BCUT2D eigenvalue weighted by atomic mass is 10.1. The number of hydrogen-bond acceptors (Lipinski definition) is 4. The standard InChI is InChI=1S/C15H14N2OS/c1-11-14(12-6-3-2-4-7-12)17-15(19-11)16-10-13-8-5-9-18-13/h2-9H,10H2,1H3,(H,16,17). The summed E-state index contributed by atoms with van der Waals surface area (Å²) in [6.07, 6.45) is 1.68. The third-order valence-electron chi connectivity index (χ3n) is 2.84. The van der Waals surface area contributed by atoms with E-state index < -0.39 is 0 Å². The van der Waals surface area contributed by atoms with Gasteiger partial charge in [0.1, 0.15) is 5.76 Å². The summed E-state index contributed by atoms with van der Waals surface area (Å²) >= 11 is 1.67. The number of benzene rings is 1. The number of hydrogen-bond donors (Lipinski definition) is 1. The number of nitrogens with zero attached hydrogens (tertiary/aromatic N) is 1. The van der Waals surface area contributed by atoms with E-state index in [9.17, 15) is 0 Å². The fourth-order valence-corrected chi connectivity index (χ4v) is 2.74. The van der Waals surface area contributed by atoms with Crippen molar-refractivity contribution in [3.05, 3.63) is 59.4 Å². The van der Waals surface area contributed by atoms with Gasteiger partial charge in [-0.15, -0.1) is 11.3 Å². The molecule has 1 N–H and O–H groups in total. The molecule has 0 unspecified atom stereocenters. The molecular formula is C15H14N2OS. The highest BCUT2D eigenvalue weighted by Gasteiger charge is 2.09. The molecule has 0 atom stereocenters. The topological polar surface area (TPSA) is 38.1 Å². The van der Waals surface area contributed by atoms with Crippen LogP contribution in [0.2, 0.25) is 0 Å². The van der Waals surface area contributed by atoms with Crippen LogP contribution in [0.25, 0.3) is 11.3 Å². The molecule has 3 nitrogen and oxygen atoms in total. The van der Waals surface area contributed by atoms with Crippen LogP contribution in [-0.2, 0) is 6.54 Å². The first kappa shape index (κ1) is 12.0. The van der Waals surface area contributed by atoms with Crippen molar-refractivity contribution in [3.63, 3.8) is 0 Å². The highest BCUT2D eigenvalue weighted by Crippen LogP contribution is 2.30. The van der Waals surface area contributed by atoms with E-state index in [0.29, 0.717) is 6.54 Å². The zero-order chi connectivity index (χ0) is 13.1. The molecule has 0 amide bonds. The van der Waals surface area contributed by atoms with Crippen molar-refractivity contribution in [1.29, 1.82) is 0 Å². The smallest absolute Gasteiger partial charge is 0.183 e. The first-order valence-corrected chi connectivity index (χ1v) is 6.93. The Bertz CT molecular complexity index is 644. The molecule has 1 aromatic carbocycles. The number of aromatic nitrogens is 1. The Morgan fingerprint density at radius 1 is 1.16 bits per heavy atom. The normalized spacial score (nSPS) is 10.6. The summed E-state index contributed by atoms with van der Waals surface area (Å²) in [5.74, 6) is 0.911. The van der Waals surface area contributed by atoms with Crippen LogP contribution in [0.3, 0.4) is 0 Å². The molecule has 2 heterocycles. The molecule has 0 saturated carbocycles. The molecule has 2 aromatic heterocycles. The summed E-state index contributed by atoms with van der Waals surface area (Å²) in [5.41, 5.74) is 2.20. The van der Waals surface area contributed by atoms with Gasteiger partial charge in [-0.1, -0.05) is 30.3 Å². The van der Waals surface area contributed by atoms with Gasteiger partial charge in [0, 0.05) is 10.4 Å². The van der Waals surface area contributed by atoms with Gasteiger partial charge in [0.05, 0.1) is 18.5 Å². The number of rotatable bonds is 4. The number of anilines is 1. The lowest BCUT2D eigenvalue weighted by molar-refractivity contribution is 0.518. The Labute approximate surface area is 115 Å². The third-order valence-corrected chi connectivity index (χ3v) is 3.77. The summed E-state index contributed by atoms with van der Waals surface area (Å²) in [7, 11) is 0. The molecule has 19 heavy (non-hydrogen) atoms. The van der Waals surface area contributed by atoms with Crippen LogP contribution < -0.4 is 5.32 Å². The summed E-state index contributed by atoms with van der Waals surface area (Å²) < 4.78 is 5.29. The molecule has 96 valence electrons. The van der Waals surface area contributed by atoms with E-state index in [1.165, 1.54) is 4.88 Å². The first-order chi connectivity index (χ1) is 9.33. The summed E-state index contributed by atoms with van der Waals surface area (Å²) in [6, 6.07) is 14.1. The average Bonchev–Trinajstić information content (AvgIpc) is 3.07.